The van der Waals surface area contributed by atoms with Crippen molar-refractivity contribution in [3.8, 4) is 22.5 Å². The van der Waals surface area contributed by atoms with Crippen LogP contribution in [0, 0.1) is 5.82 Å². The average Bonchev–Trinajstić information content (AvgIpc) is 3.42. The Morgan fingerprint density at radius 3 is 2.57 bits per heavy atom. The lowest BCUT2D eigenvalue weighted by atomic mass is 10.1. The largest absolute Gasteiger partial charge is 0.465 e. The fraction of sp³-hybridized carbons (Fsp3) is 0.333. The van der Waals surface area contributed by atoms with Crippen molar-refractivity contribution in [1.82, 2.24) is 29.8 Å². The Morgan fingerprint density at radius 2 is 1.89 bits per heavy atom. The lowest BCUT2D eigenvalue weighted by Gasteiger charge is -2.36. The third-order valence-corrected chi connectivity index (χ3v) is 7.11. The summed E-state index contributed by atoms with van der Waals surface area (Å²) in [5.41, 5.74) is 3.59. The SMILES string of the molecule is CC(C)N1CCN(c2nn3c(-c4ccc(F)cc4)c(-c4ccnc(CNC(=O)O)c4)nc3s2)CC1. The molecule has 1 aromatic carbocycles. The van der Waals surface area contributed by atoms with Crippen LogP contribution in [0.4, 0.5) is 14.3 Å². The maximum absolute atomic E-state index is 13.7. The number of nitrogens with one attached hydrogen (secondary N) is 1. The molecular formula is C24H26FN7O2S. The number of aromatic nitrogens is 4. The van der Waals surface area contributed by atoms with Gasteiger partial charge in [0.2, 0.25) is 10.1 Å². The molecule has 1 aliphatic rings. The molecule has 4 heterocycles. The quantitative estimate of drug-likeness (QED) is 0.418. The topological polar surface area (TPSA) is 98.9 Å². The molecule has 0 saturated carbocycles. The van der Waals surface area contributed by atoms with E-state index in [2.05, 4.69) is 33.9 Å². The fourth-order valence-electron chi connectivity index (χ4n) is 4.25. The number of rotatable bonds is 6. The first-order valence-corrected chi connectivity index (χ1v) is 12.3. The Hall–Kier alpha value is -3.57. The Bertz CT molecular complexity index is 1340. The van der Waals surface area contributed by atoms with Gasteiger partial charge in [0.15, 0.2) is 0 Å². The van der Waals surface area contributed by atoms with Crippen LogP contribution < -0.4 is 10.2 Å². The van der Waals surface area contributed by atoms with Crippen LogP contribution in [0.15, 0.2) is 42.6 Å². The number of amides is 1. The van der Waals surface area contributed by atoms with Crippen LogP contribution in [-0.2, 0) is 6.54 Å². The van der Waals surface area contributed by atoms with Crippen molar-refractivity contribution in [1.29, 1.82) is 0 Å². The molecule has 9 nitrogen and oxygen atoms in total. The number of carbonyl (C=O) groups is 1. The number of benzene rings is 1. The number of hydrogen-bond donors (Lipinski definition) is 2. The van der Waals surface area contributed by atoms with E-state index in [1.807, 2.05) is 10.6 Å². The lowest BCUT2D eigenvalue weighted by molar-refractivity contribution is 0.194. The highest BCUT2D eigenvalue weighted by Crippen LogP contribution is 2.36. The molecule has 182 valence electrons. The van der Waals surface area contributed by atoms with E-state index in [0.717, 1.165) is 53.1 Å². The summed E-state index contributed by atoms with van der Waals surface area (Å²) in [5.74, 6) is -0.316. The number of nitrogens with zero attached hydrogens (tertiary/aromatic N) is 6. The molecule has 0 atom stereocenters. The molecule has 3 aromatic heterocycles. The van der Waals surface area contributed by atoms with E-state index in [9.17, 15) is 9.18 Å². The Labute approximate surface area is 205 Å². The second-order valence-electron chi connectivity index (χ2n) is 8.71. The van der Waals surface area contributed by atoms with Crippen molar-refractivity contribution >= 4 is 27.5 Å². The number of hydrogen-bond acceptors (Lipinski definition) is 7. The zero-order valence-electron chi connectivity index (χ0n) is 19.5. The van der Waals surface area contributed by atoms with E-state index < -0.39 is 6.09 Å². The first-order chi connectivity index (χ1) is 16.9. The van der Waals surface area contributed by atoms with E-state index in [4.69, 9.17) is 15.2 Å². The highest BCUT2D eigenvalue weighted by molar-refractivity contribution is 7.20. The number of fused-ring (bicyclic) bond motifs is 1. The number of pyridine rings is 1. The molecule has 0 aliphatic carbocycles. The minimum absolute atomic E-state index is 0.0853. The number of halogens is 1. The number of piperazine rings is 1. The van der Waals surface area contributed by atoms with E-state index >= 15 is 0 Å². The summed E-state index contributed by atoms with van der Waals surface area (Å²) in [4.78, 5) is 25.5. The molecule has 0 bridgehead atoms. The van der Waals surface area contributed by atoms with Gasteiger partial charge in [0.1, 0.15) is 17.2 Å². The van der Waals surface area contributed by atoms with Gasteiger partial charge in [-0.25, -0.2) is 18.7 Å². The molecule has 35 heavy (non-hydrogen) atoms. The molecule has 11 heteroatoms. The minimum Gasteiger partial charge on any atom is -0.465 e. The molecule has 0 unspecified atom stereocenters. The Kier molecular flexibility index (Phi) is 6.35. The van der Waals surface area contributed by atoms with Gasteiger partial charge < -0.3 is 15.3 Å². The minimum atomic E-state index is -1.11. The summed E-state index contributed by atoms with van der Waals surface area (Å²) >= 11 is 1.53. The molecule has 1 saturated heterocycles. The Morgan fingerprint density at radius 1 is 1.14 bits per heavy atom. The average molecular weight is 496 g/mol. The molecule has 1 fully saturated rings. The van der Waals surface area contributed by atoms with Crippen molar-refractivity contribution in [2.45, 2.75) is 26.4 Å². The molecule has 0 spiro atoms. The van der Waals surface area contributed by atoms with Crippen LogP contribution in [-0.4, -0.2) is 67.9 Å². The molecule has 5 rings (SSSR count). The predicted octanol–water partition coefficient (Wildman–Crippen LogP) is 3.96. The second-order valence-corrected chi connectivity index (χ2v) is 9.64. The van der Waals surface area contributed by atoms with E-state index in [1.54, 1.807) is 24.4 Å². The molecule has 0 radical (unpaired) electrons. The standard InChI is InChI=1S/C24H26FN7O2S/c1-15(2)30-9-11-31(12-10-30)23-29-32-21(16-3-5-18(25)6-4-16)20(28-22(32)35-23)17-7-8-26-19(13-17)14-27-24(33)34/h3-8,13,15,27H,9-12,14H2,1-2H3,(H,33,34). The van der Waals surface area contributed by atoms with Crippen LogP contribution in [0.25, 0.3) is 27.5 Å². The van der Waals surface area contributed by atoms with Gasteiger partial charge in [-0.2, -0.15) is 0 Å². The molecule has 1 amide bonds. The highest BCUT2D eigenvalue weighted by atomic mass is 32.1. The summed E-state index contributed by atoms with van der Waals surface area (Å²) in [5, 5.41) is 17.1. The van der Waals surface area contributed by atoms with Gasteiger partial charge in [-0.05, 0) is 50.2 Å². The molecule has 4 aromatic rings. The lowest BCUT2D eigenvalue weighted by Crippen LogP contribution is -2.48. The Balaban J connectivity index is 1.54. The van der Waals surface area contributed by atoms with Crippen molar-refractivity contribution in [2.24, 2.45) is 0 Å². The molecule has 2 N–H and O–H groups in total. The van der Waals surface area contributed by atoms with Gasteiger partial charge in [-0.3, -0.25) is 9.88 Å². The van der Waals surface area contributed by atoms with Crippen molar-refractivity contribution < 1.29 is 14.3 Å². The zero-order chi connectivity index (χ0) is 24.5. The smallest absolute Gasteiger partial charge is 0.404 e. The van der Waals surface area contributed by atoms with Crippen molar-refractivity contribution in [3.05, 3.63) is 54.1 Å². The third kappa shape index (κ3) is 4.82. The van der Waals surface area contributed by atoms with Crippen molar-refractivity contribution in [2.75, 3.05) is 31.1 Å². The summed E-state index contributed by atoms with van der Waals surface area (Å²) in [6.07, 6.45) is 0.515. The monoisotopic (exact) mass is 495 g/mol. The van der Waals surface area contributed by atoms with Crippen LogP contribution in [0.1, 0.15) is 19.5 Å². The number of imidazole rings is 1. The first kappa shape index (κ1) is 23.2. The summed E-state index contributed by atoms with van der Waals surface area (Å²) in [6.45, 7) is 8.29. The van der Waals surface area contributed by atoms with Gasteiger partial charge in [0.25, 0.3) is 0 Å². The van der Waals surface area contributed by atoms with E-state index in [0.29, 0.717) is 17.4 Å². The van der Waals surface area contributed by atoms with Gasteiger partial charge in [0.05, 0.1) is 12.2 Å². The van der Waals surface area contributed by atoms with Gasteiger partial charge >= 0.3 is 6.09 Å². The predicted molar refractivity (Wildman–Crippen MR) is 133 cm³/mol. The third-order valence-electron chi connectivity index (χ3n) is 6.14. The van der Waals surface area contributed by atoms with Gasteiger partial charge in [-0.15, -0.1) is 5.10 Å². The summed E-state index contributed by atoms with van der Waals surface area (Å²) in [6, 6.07) is 10.4. The highest BCUT2D eigenvalue weighted by Gasteiger charge is 2.25. The normalized spacial score (nSPS) is 14.7. The second kappa shape index (κ2) is 9.59. The van der Waals surface area contributed by atoms with Crippen LogP contribution in [0.5, 0.6) is 0 Å². The first-order valence-electron chi connectivity index (χ1n) is 11.5. The van der Waals surface area contributed by atoms with E-state index in [-0.39, 0.29) is 12.4 Å². The zero-order valence-corrected chi connectivity index (χ0v) is 20.3. The number of anilines is 1. The van der Waals surface area contributed by atoms with Crippen LogP contribution >= 0.6 is 11.3 Å². The number of carboxylic acid groups (broad SMARTS) is 1. The maximum atomic E-state index is 13.7. The van der Waals surface area contributed by atoms with E-state index in [1.165, 1.54) is 23.5 Å². The van der Waals surface area contributed by atoms with Crippen molar-refractivity contribution in [3.63, 3.8) is 0 Å². The molecular weight excluding hydrogens is 469 g/mol. The summed E-state index contributed by atoms with van der Waals surface area (Å²) < 4.78 is 15.5. The molecule has 1 aliphatic heterocycles. The fourth-order valence-corrected chi connectivity index (χ4v) is 5.21. The maximum Gasteiger partial charge on any atom is 0.404 e. The van der Waals surface area contributed by atoms with Crippen LogP contribution in [0.3, 0.4) is 0 Å². The van der Waals surface area contributed by atoms with Gasteiger partial charge in [-0.1, -0.05) is 11.3 Å². The summed E-state index contributed by atoms with van der Waals surface area (Å²) in [7, 11) is 0. The van der Waals surface area contributed by atoms with Crippen LogP contribution in [0.2, 0.25) is 0 Å². The van der Waals surface area contributed by atoms with Gasteiger partial charge in [0, 0.05) is 49.5 Å².